The number of pyridine rings is 1. The van der Waals surface area contributed by atoms with Crippen LogP contribution in [0.4, 0.5) is 0 Å². The summed E-state index contributed by atoms with van der Waals surface area (Å²) >= 11 is 0. The van der Waals surface area contributed by atoms with Crippen molar-refractivity contribution >= 4 is 12.2 Å². The molecule has 0 aliphatic carbocycles. The molecule has 0 amide bonds. The molecule has 0 N–H and O–H groups in total. The summed E-state index contributed by atoms with van der Waals surface area (Å²) in [5, 5.41) is 0. The fraction of sp³-hybridized carbons (Fsp3) is 0. The number of aromatic nitrogens is 1. The lowest BCUT2D eigenvalue weighted by atomic mass is 9.99. The SMILES string of the molecule is C(=C\c1ccccc1-c1ccccc1)/c1ccccn1. The maximum Gasteiger partial charge on any atom is 0.0629 e. The summed E-state index contributed by atoms with van der Waals surface area (Å²) in [7, 11) is 0. The van der Waals surface area contributed by atoms with E-state index in [1.54, 1.807) is 0 Å². The van der Waals surface area contributed by atoms with E-state index in [0.29, 0.717) is 0 Å². The first-order chi connectivity index (χ1) is 9.93. The first kappa shape index (κ1) is 12.4. The molecule has 0 aliphatic rings. The van der Waals surface area contributed by atoms with Crippen molar-refractivity contribution in [2.75, 3.05) is 0 Å². The highest BCUT2D eigenvalue weighted by Gasteiger charge is 2.00. The van der Waals surface area contributed by atoms with E-state index >= 15 is 0 Å². The summed E-state index contributed by atoms with van der Waals surface area (Å²) in [5.41, 5.74) is 4.63. The zero-order valence-corrected chi connectivity index (χ0v) is 11.1. The van der Waals surface area contributed by atoms with Crippen molar-refractivity contribution in [1.82, 2.24) is 4.98 Å². The van der Waals surface area contributed by atoms with Crippen LogP contribution in [0.2, 0.25) is 0 Å². The fourth-order valence-corrected chi connectivity index (χ4v) is 2.17. The van der Waals surface area contributed by atoms with Gasteiger partial charge in [0.05, 0.1) is 5.69 Å². The van der Waals surface area contributed by atoms with Crippen molar-refractivity contribution in [2.24, 2.45) is 0 Å². The van der Waals surface area contributed by atoms with Gasteiger partial charge in [-0.1, -0.05) is 66.7 Å². The van der Waals surface area contributed by atoms with Crippen molar-refractivity contribution in [3.05, 3.63) is 90.3 Å². The van der Waals surface area contributed by atoms with Crippen molar-refractivity contribution in [3.63, 3.8) is 0 Å². The molecule has 3 aromatic rings. The van der Waals surface area contributed by atoms with Crippen LogP contribution in [-0.4, -0.2) is 4.98 Å². The highest BCUT2D eigenvalue weighted by Crippen LogP contribution is 2.24. The lowest BCUT2D eigenvalue weighted by Gasteiger charge is -2.05. The number of hydrogen-bond donors (Lipinski definition) is 0. The molecule has 0 unspecified atom stereocenters. The average molecular weight is 257 g/mol. The molecule has 0 bridgehead atoms. The number of hydrogen-bond acceptors (Lipinski definition) is 1. The Kier molecular flexibility index (Phi) is 3.70. The van der Waals surface area contributed by atoms with Gasteiger partial charge in [-0.3, -0.25) is 4.98 Å². The minimum Gasteiger partial charge on any atom is -0.257 e. The Bertz CT molecular complexity index is 700. The molecule has 0 fully saturated rings. The van der Waals surface area contributed by atoms with Crippen molar-refractivity contribution in [3.8, 4) is 11.1 Å². The quantitative estimate of drug-likeness (QED) is 0.649. The van der Waals surface area contributed by atoms with E-state index in [1.165, 1.54) is 16.7 Å². The molecule has 1 aromatic heterocycles. The van der Waals surface area contributed by atoms with Gasteiger partial charge in [-0.25, -0.2) is 0 Å². The second kappa shape index (κ2) is 5.98. The summed E-state index contributed by atoms with van der Waals surface area (Å²) in [6.45, 7) is 0. The van der Waals surface area contributed by atoms with Crippen LogP contribution in [0.25, 0.3) is 23.3 Å². The molecular weight excluding hydrogens is 242 g/mol. The predicted octanol–water partition coefficient (Wildman–Crippen LogP) is 4.92. The lowest BCUT2D eigenvalue weighted by molar-refractivity contribution is 1.30. The van der Waals surface area contributed by atoms with Crippen LogP contribution < -0.4 is 0 Å². The van der Waals surface area contributed by atoms with E-state index in [2.05, 4.69) is 59.6 Å². The molecule has 96 valence electrons. The molecule has 2 aromatic carbocycles. The fourth-order valence-electron chi connectivity index (χ4n) is 2.17. The Morgan fingerprint density at radius 2 is 1.40 bits per heavy atom. The Labute approximate surface area is 119 Å². The molecule has 1 nitrogen and oxygen atoms in total. The van der Waals surface area contributed by atoms with Crippen LogP contribution in [0.5, 0.6) is 0 Å². The average Bonchev–Trinajstić information content (AvgIpc) is 2.55. The molecular formula is C19H15N. The van der Waals surface area contributed by atoms with Gasteiger partial charge in [0.15, 0.2) is 0 Å². The topological polar surface area (TPSA) is 12.9 Å². The van der Waals surface area contributed by atoms with Crippen LogP contribution in [0, 0.1) is 0 Å². The van der Waals surface area contributed by atoms with E-state index in [4.69, 9.17) is 0 Å². The summed E-state index contributed by atoms with van der Waals surface area (Å²) < 4.78 is 0. The molecule has 3 rings (SSSR count). The van der Waals surface area contributed by atoms with E-state index in [9.17, 15) is 0 Å². The van der Waals surface area contributed by atoms with Crippen LogP contribution in [-0.2, 0) is 0 Å². The Morgan fingerprint density at radius 1 is 0.650 bits per heavy atom. The summed E-state index contributed by atoms with van der Waals surface area (Å²) in [6, 6.07) is 24.8. The third kappa shape index (κ3) is 2.83. The van der Waals surface area contributed by atoms with Gasteiger partial charge >= 0.3 is 0 Å². The minimum absolute atomic E-state index is 0.968. The molecule has 20 heavy (non-hydrogen) atoms. The zero-order chi connectivity index (χ0) is 13.6. The molecule has 0 saturated carbocycles. The standard InChI is InChI=1S/C19H15N/c1-2-8-16(9-3-1)19-12-5-4-10-17(19)13-14-18-11-6-7-15-20-18/h1-15H/b14-13+. The normalized spacial score (nSPS) is 10.8. The Hall–Kier alpha value is -2.67. The van der Waals surface area contributed by atoms with Gasteiger partial charge in [0.25, 0.3) is 0 Å². The first-order valence-corrected chi connectivity index (χ1v) is 6.67. The second-order valence-corrected chi connectivity index (χ2v) is 4.54. The van der Waals surface area contributed by atoms with Crippen LogP contribution in [0.3, 0.4) is 0 Å². The van der Waals surface area contributed by atoms with Crippen molar-refractivity contribution in [2.45, 2.75) is 0 Å². The molecule has 0 saturated heterocycles. The van der Waals surface area contributed by atoms with Crippen LogP contribution >= 0.6 is 0 Å². The second-order valence-electron chi connectivity index (χ2n) is 4.54. The number of benzene rings is 2. The van der Waals surface area contributed by atoms with E-state index in [-0.39, 0.29) is 0 Å². The van der Waals surface area contributed by atoms with Gasteiger partial charge in [0.2, 0.25) is 0 Å². The summed E-state index contributed by atoms with van der Waals surface area (Å²) in [5.74, 6) is 0. The maximum absolute atomic E-state index is 4.31. The number of nitrogens with zero attached hydrogens (tertiary/aromatic N) is 1. The summed E-state index contributed by atoms with van der Waals surface area (Å²) in [4.78, 5) is 4.31. The lowest BCUT2D eigenvalue weighted by Crippen LogP contribution is -1.83. The predicted molar refractivity (Wildman–Crippen MR) is 85.0 cm³/mol. The third-order valence-electron chi connectivity index (χ3n) is 3.17. The van der Waals surface area contributed by atoms with Crippen LogP contribution in [0.1, 0.15) is 11.3 Å². The Morgan fingerprint density at radius 3 is 2.20 bits per heavy atom. The summed E-state index contributed by atoms with van der Waals surface area (Å²) in [6.07, 6.45) is 5.97. The molecule has 0 atom stereocenters. The van der Waals surface area contributed by atoms with Gasteiger partial charge in [-0.15, -0.1) is 0 Å². The monoisotopic (exact) mass is 257 g/mol. The largest absolute Gasteiger partial charge is 0.257 e. The van der Waals surface area contributed by atoms with Gasteiger partial charge < -0.3 is 0 Å². The van der Waals surface area contributed by atoms with E-state index < -0.39 is 0 Å². The van der Waals surface area contributed by atoms with Crippen molar-refractivity contribution in [1.29, 1.82) is 0 Å². The third-order valence-corrected chi connectivity index (χ3v) is 3.17. The van der Waals surface area contributed by atoms with Gasteiger partial charge in [-0.05, 0) is 34.9 Å². The van der Waals surface area contributed by atoms with Gasteiger partial charge in [0.1, 0.15) is 0 Å². The van der Waals surface area contributed by atoms with Gasteiger partial charge in [0, 0.05) is 6.20 Å². The first-order valence-electron chi connectivity index (χ1n) is 6.67. The smallest absolute Gasteiger partial charge is 0.0629 e. The highest BCUT2D eigenvalue weighted by atomic mass is 14.6. The maximum atomic E-state index is 4.31. The van der Waals surface area contributed by atoms with Gasteiger partial charge in [-0.2, -0.15) is 0 Å². The molecule has 1 heteroatoms. The van der Waals surface area contributed by atoms with E-state index in [1.807, 2.05) is 36.5 Å². The number of rotatable bonds is 3. The van der Waals surface area contributed by atoms with Crippen LogP contribution in [0.15, 0.2) is 79.0 Å². The minimum atomic E-state index is 0.968. The van der Waals surface area contributed by atoms with E-state index in [0.717, 1.165) is 5.69 Å². The highest BCUT2D eigenvalue weighted by molar-refractivity contribution is 5.80. The molecule has 1 heterocycles. The molecule has 0 spiro atoms. The Balaban J connectivity index is 1.97. The molecule has 0 aliphatic heterocycles. The molecule has 0 radical (unpaired) electrons. The van der Waals surface area contributed by atoms with Crippen molar-refractivity contribution < 1.29 is 0 Å². The zero-order valence-electron chi connectivity index (χ0n) is 11.1.